The lowest BCUT2D eigenvalue weighted by Gasteiger charge is -2.16. The number of rotatable bonds is 3. The van der Waals surface area contributed by atoms with E-state index < -0.39 is 11.9 Å². The van der Waals surface area contributed by atoms with E-state index in [0.29, 0.717) is 5.69 Å². The van der Waals surface area contributed by atoms with Crippen molar-refractivity contribution in [2.75, 3.05) is 11.4 Å². The van der Waals surface area contributed by atoms with Gasteiger partial charge in [-0.3, -0.25) is 4.79 Å². The molecule has 0 heterocycles. The Labute approximate surface area is 97.7 Å². The van der Waals surface area contributed by atoms with Crippen LogP contribution < -0.4 is 20.5 Å². The maximum Gasteiger partial charge on any atom is 0.329 e. The first kappa shape index (κ1) is 12.2. The van der Waals surface area contributed by atoms with E-state index in [2.05, 4.69) is 12.8 Å². The summed E-state index contributed by atoms with van der Waals surface area (Å²) in [6.45, 7) is 0. The maximum atomic E-state index is 10.9. The Bertz CT molecular complexity index is 436. The molecule has 0 saturated carbocycles. The summed E-state index contributed by atoms with van der Waals surface area (Å²) >= 11 is 3.89. The summed E-state index contributed by atoms with van der Waals surface area (Å²) in [7, 11) is 1.40. The summed E-state index contributed by atoms with van der Waals surface area (Å²) in [5.41, 5.74) is 10.8. The highest BCUT2D eigenvalue weighted by Gasteiger charge is 2.15. The van der Waals surface area contributed by atoms with Gasteiger partial charge in [-0.2, -0.15) is 0 Å². The predicted octanol–water partition coefficient (Wildman–Crippen LogP) is 0.524. The van der Waals surface area contributed by atoms with Crippen LogP contribution in [0.15, 0.2) is 18.2 Å². The Balaban J connectivity index is 3.21. The monoisotopic (exact) mass is 241 g/mol. The van der Waals surface area contributed by atoms with Gasteiger partial charge in [-0.25, -0.2) is 9.10 Å². The van der Waals surface area contributed by atoms with E-state index in [4.69, 9.17) is 16.2 Å². The van der Waals surface area contributed by atoms with Crippen LogP contribution in [0.1, 0.15) is 10.4 Å². The molecule has 0 aromatic heterocycles. The summed E-state index contributed by atoms with van der Waals surface area (Å²) in [6.07, 6.45) is 0. The van der Waals surface area contributed by atoms with E-state index in [-0.39, 0.29) is 11.3 Å². The second-order valence-electron chi connectivity index (χ2n) is 2.90. The lowest BCUT2D eigenvalue weighted by molar-refractivity contribution is 0.1000. The van der Waals surface area contributed by atoms with Crippen molar-refractivity contribution in [3.63, 3.8) is 0 Å². The SMILES string of the molecule is COc1cc(C(N)=O)ccc1N(S)C(N)=O. The van der Waals surface area contributed by atoms with E-state index in [1.54, 1.807) is 0 Å². The standard InChI is InChI=1S/C9H11N3O3S/c1-15-7-4-5(8(10)13)2-3-6(7)12(16)9(11)14/h2-4,16H,1H3,(H2,10,13)(H2,11,14). The number of thiol groups is 1. The average molecular weight is 241 g/mol. The number of primary amides is 2. The van der Waals surface area contributed by atoms with E-state index in [1.807, 2.05) is 0 Å². The van der Waals surface area contributed by atoms with Crippen LogP contribution in [0, 0.1) is 0 Å². The molecule has 0 aliphatic heterocycles. The predicted molar refractivity (Wildman–Crippen MR) is 62.6 cm³/mol. The number of nitrogens with two attached hydrogens (primary N) is 2. The fraction of sp³-hybridized carbons (Fsp3) is 0.111. The minimum absolute atomic E-state index is 0.270. The number of nitrogens with zero attached hydrogens (tertiary/aromatic N) is 1. The first-order chi connectivity index (χ1) is 7.47. The number of ether oxygens (including phenoxy) is 1. The Morgan fingerprint density at radius 3 is 2.44 bits per heavy atom. The van der Waals surface area contributed by atoms with Gasteiger partial charge in [-0.15, -0.1) is 0 Å². The number of methoxy groups -OCH3 is 1. The minimum Gasteiger partial charge on any atom is -0.495 e. The number of hydrogen-bond acceptors (Lipinski definition) is 4. The van der Waals surface area contributed by atoms with Crippen LogP contribution in [0.5, 0.6) is 5.75 Å². The molecule has 0 spiro atoms. The van der Waals surface area contributed by atoms with E-state index in [9.17, 15) is 9.59 Å². The third-order valence-corrected chi connectivity index (χ3v) is 2.31. The molecule has 1 aromatic rings. The number of carbonyl (C=O) groups is 2. The summed E-state index contributed by atoms with van der Waals surface area (Å²) in [5.74, 6) is -0.306. The second-order valence-corrected chi connectivity index (χ2v) is 3.30. The molecule has 3 amide bonds. The molecule has 0 aliphatic carbocycles. The van der Waals surface area contributed by atoms with Crippen molar-refractivity contribution in [1.29, 1.82) is 0 Å². The second kappa shape index (κ2) is 4.75. The van der Waals surface area contributed by atoms with Crippen molar-refractivity contribution >= 4 is 30.4 Å². The van der Waals surface area contributed by atoms with Gasteiger partial charge < -0.3 is 16.2 Å². The first-order valence-corrected chi connectivity index (χ1v) is 4.63. The Kier molecular flexibility index (Phi) is 3.62. The first-order valence-electron chi connectivity index (χ1n) is 4.23. The summed E-state index contributed by atoms with van der Waals surface area (Å²) < 4.78 is 5.91. The quantitative estimate of drug-likeness (QED) is 0.673. The lowest BCUT2D eigenvalue weighted by Crippen LogP contribution is -2.27. The number of urea groups is 1. The van der Waals surface area contributed by atoms with Crippen molar-refractivity contribution in [1.82, 2.24) is 0 Å². The number of carbonyl (C=O) groups excluding carboxylic acids is 2. The van der Waals surface area contributed by atoms with Crippen molar-refractivity contribution in [3.8, 4) is 5.75 Å². The number of amides is 3. The summed E-state index contributed by atoms with van der Waals surface area (Å²) in [4.78, 5) is 21.8. The van der Waals surface area contributed by atoms with Gasteiger partial charge in [0.1, 0.15) is 5.75 Å². The third-order valence-electron chi connectivity index (χ3n) is 1.90. The molecule has 0 fully saturated rings. The van der Waals surface area contributed by atoms with Crippen LogP contribution >= 0.6 is 12.8 Å². The summed E-state index contributed by atoms with van der Waals surface area (Å²) in [6, 6.07) is 3.57. The van der Waals surface area contributed by atoms with E-state index >= 15 is 0 Å². The third kappa shape index (κ3) is 2.37. The number of anilines is 1. The molecular weight excluding hydrogens is 230 g/mol. The van der Waals surface area contributed by atoms with Gasteiger partial charge in [0.2, 0.25) is 5.91 Å². The molecule has 0 aliphatic rings. The van der Waals surface area contributed by atoms with Crippen LogP contribution in [0.4, 0.5) is 10.5 Å². The van der Waals surface area contributed by atoms with Crippen LogP contribution in [-0.4, -0.2) is 19.0 Å². The molecule has 86 valence electrons. The molecule has 6 nitrogen and oxygen atoms in total. The Morgan fingerprint density at radius 1 is 1.38 bits per heavy atom. The van der Waals surface area contributed by atoms with Gasteiger partial charge >= 0.3 is 6.03 Å². The molecule has 16 heavy (non-hydrogen) atoms. The highest BCUT2D eigenvalue weighted by atomic mass is 32.1. The topological polar surface area (TPSA) is 98.7 Å². The van der Waals surface area contributed by atoms with Crippen molar-refractivity contribution in [2.45, 2.75) is 0 Å². The van der Waals surface area contributed by atoms with Gasteiger partial charge in [-0.1, -0.05) is 12.8 Å². The molecule has 7 heteroatoms. The van der Waals surface area contributed by atoms with Gasteiger partial charge in [0.05, 0.1) is 12.8 Å². The molecule has 0 unspecified atom stereocenters. The highest BCUT2D eigenvalue weighted by molar-refractivity contribution is 7.82. The minimum atomic E-state index is -0.756. The zero-order valence-corrected chi connectivity index (χ0v) is 9.40. The smallest absolute Gasteiger partial charge is 0.329 e. The Hall–Kier alpha value is -1.89. The van der Waals surface area contributed by atoms with Crippen LogP contribution in [0.2, 0.25) is 0 Å². The zero-order chi connectivity index (χ0) is 12.3. The Morgan fingerprint density at radius 2 is 2.00 bits per heavy atom. The van der Waals surface area contributed by atoms with Gasteiger partial charge in [0, 0.05) is 5.56 Å². The largest absolute Gasteiger partial charge is 0.495 e. The van der Waals surface area contributed by atoms with E-state index in [0.717, 1.165) is 4.31 Å². The molecular formula is C9H11N3O3S. The molecule has 1 rings (SSSR count). The van der Waals surface area contributed by atoms with E-state index in [1.165, 1.54) is 25.3 Å². The number of hydrogen-bond donors (Lipinski definition) is 3. The molecule has 1 aromatic carbocycles. The molecule has 0 atom stereocenters. The van der Waals surface area contributed by atoms with Gasteiger partial charge in [-0.05, 0) is 18.2 Å². The maximum absolute atomic E-state index is 10.9. The highest BCUT2D eigenvalue weighted by Crippen LogP contribution is 2.30. The average Bonchev–Trinajstić information content (AvgIpc) is 2.26. The van der Waals surface area contributed by atoms with Gasteiger partial charge in [0.25, 0.3) is 0 Å². The number of benzene rings is 1. The molecule has 0 radical (unpaired) electrons. The molecule has 0 bridgehead atoms. The van der Waals surface area contributed by atoms with Gasteiger partial charge in [0.15, 0.2) is 0 Å². The van der Waals surface area contributed by atoms with Crippen LogP contribution in [0.25, 0.3) is 0 Å². The van der Waals surface area contributed by atoms with Crippen molar-refractivity contribution in [2.24, 2.45) is 11.5 Å². The lowest BCUT2D eigenvalue weighted by atomic mass is 10.2. The fourth-order valence-electron chi connectivity index (χ4n) is 1.12. The summed E-state index contributed by atoms with van der Waals surface area (Å²) in [5, 5.41) is 0. The fourth-order valence-corrected chi connectivity index (χ4v) is 1.29. The van der Waals surface area contributed by atoms with Crippen molar-refractivity contribution < 1.29 is 14.3 Å². The molecule has 0 saturated heterocycles. The van der Waals surface area contributed by atoms with Crippen molar-refractivity contribution in [3.05, 3.63) is 23.8 Å². The molecule has 4 N–H and O–H groups in total. The zero-order valence-electron chi connectivity index (χ0n) is 8.51. The van der Waals surface area contributed by atoms with Crippen LogP contribution in [-0.2, 0) is 0 Å². The normalized spacial score (nSPS) is 9.62. The van der Waals surface area contributed by atoms with Crippen LogP contribution in [0.3, 0.4) is 0 Å².